The average Bonchev–Trinajstić information content (AvgIpc) is 1.89. The number of aryl methyl sites for hydroxylation is 1. The lowest BCUT2D eigenvalue weighted by Crippen LogP contribution is -1.77. The molecule has 0 aliphatic rings. The van der Waals surface area contributed by atoms with Gasteiger partial charge in [0, 0.05) is 23.5 Å². The van der Waals surface area contributed by atoms with Gasteiger partial charge in [-0.2, -0.15) is 0 Å². The van der Waals surface area contributed by atoms with Gasteiger partial charge in [0.25, 0.3) is 0 Å². The fourth-order valence-corrected chi connectivity index (χ4v) is 1.06. The fourth-order valence-electron chi connectivity index (χ4n) is 0.623. The van der Waals surface area contributed by atoms with Crippen molar-refractivity contribution in [2.45, 2.75) is 11.8 Å². The third-order valence-electron chi connectivity index (χ3n) is 1.12. The molecule has 0 fully saturated rings. The van der Waals surface area contributed by atoms with Gasteiger partial charge in [-0.25, -0.2) is 0 Å². The molecule has 0 aromatic carbocycles. The van der Waals surface area contributed by atoms with Crippen molar-refractivity contribution in [3.63, 3.8) is 0 Å². The van der Waals surface area contributed by atoms with Crippen LogP contribution < -0.4 is 0 Å². The lowest BCUT2D eigenvalue weighted by molar-refractivity contribution is 1.19. The first kappa shape index (κ1) is 6.62. The summed E-state index contributed by atoms with van der Waals surface area (Å²) in [5, 5.41) is 0. The molecular weight excluding hydrogens is 130 g/mol. The lowest BCUT2D eigenvalue weighted by Gasteiger charge is -1.96. The number of nitrogens with zero attached hydrogens (tertiary/aromatic N) is 1. The standard InChI is InChI=1S/C7H8NS/c1-6-5-8-4-3-7(6)9-2/h3-5H,2H2,1H3. The van der Waals surface area contributed by atoms with Crippen LogP contribution in [0.15, 0.2) is 23.4 Å². The molecule has 1 nitrogen and oxygen atoms in total. The van der Waals surface area contributed by atoms with Crippen LogP contribution in [0.1, 0.15) is 5.56 Å². The van der Waals surface area contributed by atoms with Crippen molar-refractivity contribution in [1.82, 2.24) is 4.98 Å². The van der Waals surface area contributed by atoms with Crippen LogP contribution in [-0.2, 0) is 0 Å². The first-order chi connectivity index (χ1) is 4.34. The SMILES string of the molecule is [CH2]Sc1ccncc1C. The van der Waals surface area contributed by atoms with Crippen molar-refractivity contribution in [2.24, 2.45) is 0 Å². The van der Waals surface area contributed by atoms with Gasteiger partial charge in [0.05, 0.1) is 0 Å². The first-order valence-corrected chi connectivity index (χ1v) is 3.66. The van der Waals surface area contributed by atoms with Gasteiger partial charge >= 0.3 is 0 Å². The molecular formula is C7H8NS. The highest BCUT2D eigenvalue weighted by molar-refractivity contribution is 8.00. The molecule has 0 atom stereocenters. The van der Waals surface area contributed by atoms with Crippen LogP contribution in [0.5, 0.6) is 0 Å². The van der Waals surface area contributed by atoms with E-state index in [1.807, 2.05) is 19.2 Å². The topological polar surface area (TPSA) is 12.9 Å². The number of rotatable bonds is 1. The van der Waals surface area contributed by atoms with Crippen LogP contribution in [0.2, 0.25) is 0 Å². The van der Waals surface area contributed by atoms with Crippen molar-refractivity contribution >= 4 is 11.8 Å². The van der Waals surface area contributed by atoms with Gasteiger partial charge in [-0.3, -0.25) is 4.98 Å². The number of aromatic nitrogens is 1. The predicted molar refractivity (Wildman–Crippen MR) is 40.2 cm³/mol. The summed E-state index contributed by atoms with van der Waals surface area (Å²) in [5.41, 5.74) is 1.19. The maximum absolute atomic E-state index is 3.95. The summed E-state index contributed by atoms with van der Waals surface area (Å²) in [6, 6.07) is 1.97. The first-order valence-electron chi connectivity index (χ1n) is 2.67. The van der Waals surface area contributed by atoms with Gasteiger partial charge in [-0.1, -0.05) is 0 Å². The minimum absolute atomic E-state index is 1.19. The van der Waals surface area contributed by atoms with Gasteiger partial charge in [0.1, 0.15) is 0 Å². The number of pyridine rings is 1. The van der Waals surface area contributed by atoms with Crippen molar-refractivity contribution in [2.75, 3.05) is 0 Å². The second-order valence-corrected chi connectivity index (χ2v) is 2.51. The molecule has 0 N–H and O–H groups in total. The molecule has 1 rings (SSSR count). The van der Waals surface area contributed by atoms with Gasteiger partial charge < -0.3 is 0 Å². The smallest absolute Gasteiger partial charge is 0.0308 e. The molecule has 1 aromatic rings. The monoisotopic (exact) mass is 138 g/mol. The van der Waals surface area contributed by atoms with E-state index in [9.17, 15) is 0 Å². The van der Waals surface area contributed by atoms with Crippen LogP contribution in [-0.4, -0.2) is 4.98 Å². The highest BCUT2D eigenvalue weighted by atomic mass is 32.2. The minimum Gasteiger partial charge on any atom is -0.264 e. The number of thioether (sulfide) groups is 1. The maximum Gasteiger partial charge on any atom is 0.0308 e. The van der Waals surface area contributed by atoms with E-state index in [1.165, 1.54) is 22.2 Å². The third kappa shape index (κ3) is 1.45. The average molecular weight is 138 g/mol. The van der Waals surface area contributed by atoms with Gasteiger partial charge in [0.15, 0.2) is 0 Å². The Hall–Kier alpha value is -0.500. The number of hydrogen-bond acceptors (Lipinski definition) is 2. The Morgan fingerprint density at radius 3 is 2.89 bits per heavy atom. The van der Waals surface area contributed by atoms with Crippen LogP contribution in [0.25, 0.3) is 0 Å². The lowest BCUT2D eigenvalue weighted by atomic mass is 10.3. The van der Waals surface area contributed by atoms with Gasteiger partial charge in [-0.15, -0.1) is 11.8 Å². The molecule has 0 amide bonds. The van der Waals surface area contributed by atoms with Gasteiger partial charge in [-0.05, 0) is 18.6 Å². The molecule has 9 heavy (non-hydrogen) atoms. The largest absolute Gasteiger partial charge is 0.264 e. The highest BCUT2D eigenvalue weighted by Gasteiger charge is 1.91. The molecule has 0 spiro atoms. The summed E-state index contributed by atoms with van der Waals surface area (Å²) in [6.07, 6.45) is 7.32. The Kier molecular flexibility index (Phi) is 2.11. The molecule has 1 heterocycles. The van der Waals surface area contributed by atoms with E-state index in [4.69, 9.17) is 0 Å². The molecule has 0 bridgehead atoms. The van der Waals surface area contributed by atoms with Crippen molar-refractivity contribution in [3.05, 3.63) is 30.3 Å². The Labute approximate surface area is 59.5 Å². The molecule has 1 aromatic heterocycles. The zero-order valence-electron chi connectivity index (χ0n) is 5.29. The molecule has 0 saturated heterocycles. The summed E-state index contributed by atoms with van der Waals surface area (Å²) in [7, 11) is 0. The van der Waals surface area contributed by atoms with E-state index in [0.29, 0.717) is 0 Å². The Morgan fingerprint density at radius 2 is 2.44 bits per heavy atom. The quantitative estimate of drug-likeness (QED) is 0.552. The number of hydrogen-bond donors (Lipinski definition) is 0. The van der Waals surface area contributed by atoms with Crippen LogP contribution in [0.3, 0.4) is 0 Å². The van der Waals surface area contributed by atoms with Crippen LogP contribution in [0, 0.1) is 13.2 Å². The molecule has 0 aliphatic carbocycles. The normalized spacial score (nSPS) is 9.56. The fraction of sp³-hybridized carbons (Fsp3) is 0.143. The summed E-state index contributed by atoms with van der Waals surface area (Å²) >= 11 is 1.51. The second-order valence-electron chi connectivity index (χ2n) is 1.79. The maximum atomic E-state index is 3.95. The second kappa shape index (κ2) is 2.87. The van der Waals surface area contributed by atoms with E-state index < -0.39 is 0 Å². The van der Waals surface area contributed by atoms with Crippen molar-refractivity contribution in [3.8, 4) is 0 Å². The summed E-state index contributed by atoms with van der Waals surface area (Å²) in [5.74, 6) is 0. The van der Waals surface area contributed by atoms with E-state index in [2.05, 4.69) is 11.2 Å². The Balaban J connectivity index is 3.01. The van der Waals surface area contributed by atoms with Crippen LogP contribution >= 0.6 is 11.8 Å². The Bertz CT molecular complexity index is 198. The van der Waals surface area contributed by atoms with E-state index in [0.717, 1.165) is 0 Å². The predicted octanol–water partition coefficient (Wildman–Crippen LogP) is 2.27. The third-order valence-corrected chi connectivity index (χ3v) is 1.89. The van der Waals surface area contributed by atoms with Crippen molar-refractivity contribution in [1.29, 1.82) is 0 Å². The minimum atomic E-state index is 1.19. The van der Waals surface area contributed by atoms with Gasteiger partial charge in [0.2, 0.25) is 0 Å². The zero-order valence-corrected chi connectivity index (χ0v) is 6.11. The van der Waals surface area contributed by atoms with E-state index >= 15 is 0 Å². The summed E-state index contributed by atoms with van der Waals surface area (Å²) in [4.78, 5) is 5.15. The molecule has 0 unspecified atom stereocenters. The highest BCUT2D eigenvalue weighted by Crippen LogP contribution is 2.18. The van der Waals surface area contributed by atoms with E-state index in [1.54, 1.807) is 6.20 Å². The summed E-state index contributed by atoms with van der Waals surface area (Å²) < 4.78 is 0. The summed E-state index contributed by atoms with van der Waals surface area (Å²) in [6.45, 7) is 2.03. The van der Waals surface area contributed by atoms with E-state index in [-0.39, 0.29) is 0 Å². The molecule has 2 heteroatoms. The zero-order chi connectivity index (χ0) is 6.69. The molecule has 47 valence electrons. The molecule has 1 radical (unpaired) electrons. The molecule has 0 aliphatic heterocycles. The van der Waals surface area contributed by atoms with Crippen molar-refractivity contribution < 1.29 is 0 Å². The van der Waals surface area contributed by atoms with Crippen LogP contribution in [0.4, 0.5) is 0 Å². The Morgan fingerprint density at radius 1 is 1.67 bits per heavy atom. The molecule has 0 saturated carbocycles.